The molecule has 1 aromatic rings. The number of rotatable bonds is 5. The first-order valence-corrected chi connectivity index (χ1v) is 8.35. The molecular weight excluding hydrogens is 272 g/mol. The van der Waals surface area contributed by atoms with Crippen LogP contribution in [-0.4, -0.2) is 35.6 Å². The number of hydrogen-bond acceptors (Lipinski definition) is 4. The molecule has 2 atom stereocenters. The van der Waals surface area contributed by atoms with Gasteiger partial charge in [-0.2, -0.15) is 0 Å². The smallest absolute Gasteiger partial charge is 0.241 e. The van der Waals surface area contributed by atoms with Crippen molar-refractivity contribution in [3.8, 4) is 0 Å². The molecule has 2 heterocycles. The van der Waals surface area contributed by atoms with Crippen molar-refractivity contribution in [3.63, 3.8) is 0 Å². The van der Waals surface area contributed by atoms with E-state index in [1.54, 1.807) is 11.3 Å². The van der Waals surface area contributed by atoms with Crippen LogP contribution < -0.4 is 5.32 Å². The van der Waals surface area contributed by atoms with Crippen LogP contribution in [-0.2, 0) is 9.53 Å². The first-order chi connectivity index (χ1) is 9.74. The third-order valence-electron chi connectivity index (χ3n) is 4.28. The van der Waals surface area contributed by atoms with Gasteiger partial charge in [0.05, 0.1) is 12.1 Å². The summed E-state index contributed by atoms with van der Waals surface area (Å²) in [4.78, 5) is 15.9. The van der Waals surface area contributed by atoms with Gasteiger partial charge in [-0.05, 0) is 37.6 Å². The zero-order valence-electron chi connectivity index (χ0n) is 12.0. The molecule has 110 valence electrons. The topological polar surface area (TPSA) is 41.6 Å². The van der Waals surface area contributed by atoms with Crippen LogP contribution in [0.25, 0.3) is 0 Å². The van der Waals surface area contributed by atoms with Crippen LogP contribution in [0.4, 0.5) is 0 Å². The molecule has 0 spiro atoms. The van der Waals surface area contributed by atoms with Gasteiger partial charge in [-0.25, -0.2) is 0 Å². The van der Waals surface area contributed by atoms with Gasteiger partial charge in [0.1, 0.15) is 6.17 Å². The summed E-state index contributed by atoms with van der Waals surface area (Å²) in [6.07, 6.45) is 3.18. The molecule has 1 aliphatic carbocycles. The molecule has 0 bridgehead atoms. The van der Waals surface area contributed by atoms with Gasteiger partial charge in [0.2, 0.25) is 5.91 Å². The highest BCUT2D eigenvalue weighted by Crippen LogP contribution is 2.38. The Morgan fingerprint density at radius 3 is 2.85 bits per heavy atom. The number of carbonyl (C=O) groups excluding carboxylic acids is 1. The summed E-state index contributed by atoms with van der Waals surface area (Å²) in [5.74, 6) is 0.255. The number of hydrogen-bond donors (Lipinski definition) is 1. The number of thiophene rings is 1. The highest BCUT2D eigenvalue weighted by Gasteiger charge is 2.47. The molecule has 0 radical (unpaired) electrons. The Labute approximate surface area is 124 Å². The largest absolute Gasteiger partial charge is 0.378 e. The number of carbonyl (C=O) groups is 1. The molecule has 0 aromatic carbocycles. The van der Waals surface area contributed by atoms with Gasteiger partial charge in [0, 0.05) is 17.5 Å². The second-order valence-electron chi connectivity index (χ2n) is 5.49. The van der Waals surface area contributed by atoms with Gasteiger partial charge in [0.25, 0.3) is 0 Å². The Morgan fingerprint density at radius 2 is 2.25 bits per heavy atom. The van der Waals surface area contributed by atoms with E-state index in [-0.39, 0.29) is 18.1 Å². The molecule has 3 rings (SSSR count). The fraction of sp³-hybridized carbons (Fsp3) is 0.667. The van der Waals surface area contributed by atoms with Crippen molar-refractivity contribution in [1.82, 2.24) is 10.2 Å². The quantitative estimate of drug-likeness (QED) is 0.907. The molecule has 2 aliphatic rings. The molecule has 1 aliphatic heterocycles. The third kappa shape index (κ3) is 2.38. The maximum atomic E-state index is 12.6. The highest BCUT2D eigenvalue weighted by atomic mass is 32.1. The third-order valence-corrected chi connectivity index (χ3v) is 5.20. The fourth-order valence-corrected chi connectivity index (χ4v) is 3.92. The summed E-state index contributed by atoms with van der Waals surface area (Å²) in [6, 6.07) is 4.45. The molecule has 1 N–H and O–H groups in total. The van der Waals surface area contributed by atoms with Crippen LogP contribution in [0.1, 0.15) is 44.2 Å². The lowest BCUT2D eigenvalue weighted by Gasteiger charge is -2.42. The Hall–Kier alpha value is -0.910. The minimum absolute atomic E-state index is 0.0340. The molecule has 2 unspecified atom stereocenters. The minimum Gasteiger partial charge on any atom is -0.378 e. The predicted octanol–water partition coefficient (Wildman–Crippen LogP) is 2.52. The molecule has 1 amide bonds. The van der Waals surface area contributed by atoms with Crippen molar-refractivity contribution < 1.29 is 9.53 Å². The van der Waals surface area contributed by atoms with Crippen LogP contribution in [0.2, 0.25) is 0 Å². The Balaban J connectivity index is 1.74. The molecule has 5 heteroatoms. The summed E-state index contributed by atoms with van der Waals surface area (Å²) in [6.45, 7) is 4.85. The first-order valence-electron chi connectivity index (χ1n) is 7.47. The second kappa shape index (κ2) is 5.84. The van der Waals surface area contributed by atoms with Crippen LogP contribution in [0.5, 0.6) is 0 Å². The summed E-state index contributed by atoms with van der Waals surface area (Å²) in [5, 5.41) is 5.56. The van der Waals surface area contributed by atoms with E-state index < -0.39 is 0 Å². The van der Waals surface area contributed by atoms with Gasteiger partial charge >= 0.3 is 0 Å². The van der Waals surface area contributed by atoms with E-state index >= 15 is 0 Å². The number of amides is 1. The average Bonchev–Trinajstić information content (AvgIpc) is 3.01. The van der Waals surface area contributed by atoms with E-state index in [4.69, 9.17) is 4.74 Å². The summed E-state index contributed by atoms with van der Waals surface area (Å²) < 4.78 is 5.63. The summed E-state index contributed by atoms with van der Waals surface area (Å²) >= 11 is 1.71. The number of nitrogens with zero attached hydrogens (tertiary/aromatic N) is 1. The Kier molecular flexibility index (Phi) is 4.10. The van der Waals surface area contributed by atoms with E-state index in [9.17, 15) is 4.79 Å². The van der Waals surface area contributed by atoms with Crippen LogP contribution >= 0.6 is 11.3 Å². The Bertz CT molecular complexity index is 456. The molecule has 2 fully saturated rings. The van der Waals surface area contributed by atoms with Crippen LogP contribution in [0.3, 0.4) is 0 Å². The minimum atomic E-state index is -0.0340. The van der Waals surface area contributed by atoms with Crippen molar-refractivity contribution in [1.29, 1.82) is 0 Å². The lowest BCUT2D eigenvalue weighted by atomic mass is 9.87. The van der Waals surface area contributed by atoms with E-state index in [0.717, 1.165) is 25.9 Å². The Morgan fingerprint density at radius 1 is 1.45 bits per heavy atom. The SMILES string of the molecule is CCOC1CC(N2C(=O)C(CC)NC2c2cccs2)C1. The number of nitrogens with one attached hydrogen (secondary N) is 1. The summed E-state index contributed by atoms with van der Waals surface area (Å²) in [5.41, 5.74) is 0. The summed E-state index contributed by atoms with van der Waals surface area (Å²) in [7, 11) is 0. The van der Waals surface area contributed by atoms with Crippen molar-refractivity contribution in [2.75, 3.05) is 6.61 Å². The monoisotopic (exact) mass is 294 g/mol. The number of ether oxygens (including phenoxy) is 1. The predicted molar refractivity (Wildman–Crippen MR) is 79.6 cm³/mol. The van der Waals surface area contributed by atoms with E-state index in [2.05, 4.69) is 28.6 Å². The van der Waals surface area contributed by atoms with Gasteiger partial charge < -0.3 is 9.64 Å². The molecule has 1 saturated carbocycles. The van der Waals surface area contributed by atoms with E-state index in [1.165, 1.54) is 4.88 Å². The molecule has 20 heavy (non-hydrogen) atoms. The molecule has 1 saturated heterocycles. The lowest BCUT2D eigenvalue weighted by Crippen LogP contribution is -2.50. The lowest BCUT2D eigenvalue weighted by molar-refractivity contribution is -0.138. The normalized spacial score (nSPS) is 33.5. The van der Waals surface area contributed by atoms with Crippen molar-refractivity contribution in [2.24, 2.45) is 0 Å². The van der Waals surface area contributed by atoms with Gasteiger partial charge in [-0.1, -0.05) is 13.0 Å². The highest BCUT2D eigenvalue weighted by molar-refractivity contribution is 7.10. The van der Waals surface area contributed by atoms with E-state index in [0.29, 0.717) is 12.1 Å². The van der Waals surface area contributed by atoms with Crippen molar-refractivity contribution >= 4 is 17.2 Å². The van der Waals surface area contributed by atoms with Crippen molar-refractivity contribution in [2.45, 2.75) is 57.5 Å². The zero-order valence-corrected chi connectivity index (χ0v) is 12.9. The van der Waals surface area contributed by atoms with Crippen molar-refractivity contribution in [3.05, 3.63) is 22.4 Å². The fourth-order valence-electron chi connectivity index (χ4n) is 3.14. The van der Waals surface area contributed by atoms with Crippen LogP contribution in [0, 0.1) is 0 Å². The van der Waals surface area contributed by atoms with Gasteiger partial charge in [-0.15, -0.1) is 11.3 Å². The standard InChI is InChI=1S/C15H22N2O2S/c1-3-12-15(18)17(10-8-11(9-10)19-4-2)14(16-12)13-6-5-7-20-13/h5-7,10-12,14,16H,3-4,8-9H2,1-2H3. The zero-order chi connectivity index (χ0) is 14.1. The van der Waals surface area contributed by atoms with E-state index in [1.807, 2.05) is 13.0 Å². The molecule has 4 nitrogen and oxygen atoms in total. The van der Waals surface area contributed by atoms with Gasteiger partial charge in [0.15, 0.2) is 0 Å². The van der Waals surface area contributed by atoms with Gasteiger partial charge in [-0.3, -0.25) is 10.1 Å². The average molecular weight is 294 g/mol. The molecular formula is C15H22N2O2S. The van der Waals surface area contributed by atoms with Crippen LogP contribution in [0.15, 0.2) is 17.5 Å². The molecule has 1 aromatic heterocycles. The maximum Gasteiger partial charge on any atom is 0.241 e. The second-order valence-corrected chi connectivity index (χ2v) is 6.47. The first kappa shape index (κ1) is 14.0. The maximum absolute atomic E-state index is 12.6.